The van der Waals surface area contributed by atoms with E-state index in [1.54, 1.807) is 4.52 Å². The van der Waals surface area contributed by atoms with Crippen LogP contribution in [-0.2, 0) is 11.2 Å². The first-order valence-corrected chi connectivity index (χ1v) is 6.83. The van der Waals surface area contributed by atoms with Crippen molar-refractivity contribution in [3.05, 3.63) is 28.7 Å². The van der Waals surface area contributed by atoms with Gasteiger partial charge in [0, 0.05) is 23.9 Å². The van der Waals surface area contributed by atoms with Crippen LogP contribution in [0.4, 0.5) is 13.2 Å². The number of aromatic nitrogens is 3. The quantitative estimate of drug-likeness (QED) is 0.942. The summed E-state index contributed by atoms with van der Waals surface area (Å²) in [5.41, 5.74) is 3.98. The molecule has 0 atom stereocenters. The Bertz CT molecular complexity index is 706. The van der Waals surface area contributed by atoms with E-state index in [1.807, 2.05) is 32.2 Å². The van der Waals surface area contributed by atoms with Crippen molar-refractivity contribution in [1.29, 1.82) is 0 Å². The van der Waals surface area contributed by atoms with E-state index in [4.69, 9.17) is 0 Å². The van der Waals surface area contributed by atoms with Crippen molar-refractivity contribution in [1.82, 2.24) is 19.9 Å². The zero-order valence-electron chi connectivity index (χ0n) is 12.6. The predicted molar refractivity (Wildman–Crippen MR) is 74.6 cm³/mol. The SMILES string of the molecule is Cc1cc2nc(C)c(CCC(=O)NCC(F)(F)F)c(C)n2n1. The highest BCUT2D eigenvalue weighted by Crippen LogP contribution is 2.17. The molecule has 2 rings (SSSR count). The minimum Gasteiger partial charge on any atom is -0.347 e. The highest BCUT2D eigenvalue weighted by Gasteiger charge is 2.27. The number of rotatable bonds is 4. The lowest BCUT2D eigenvalue weighted by Gasteiger charge is -2.12. The Morgan fingerprint density at radius 3 is 2.64 bits per heavy atom. The number of alkyl halides is 3. The average Bonchev–Trinajstić information content (AvgIpc) is 2.76. The van der Waals surface area contributed by atoms with Gasteiger partial charge in [0.15, 0.2) is 5.65 Å². The number of carbonyl (C=O) groups excluding carboxylic acids is 1. The van der Waals surface area contributed by atoms with Crippen LogP contribution in [0.25, 0.3) is 5.65 Å². The second kappa shape index (κ2) is 5.94. The van der Waals surface area contributed by atoms with Crippen molar-refractivity contribution in [3.63, 3.8) is 0 Å². The van der Waals surface area contributed by atoms with Crippen LogP contribution in [0.2, 0.25) is 0 Å². The molecule has 0 bridgehead atoms. The normalized spacial score (nSPS) is 11.9. The van der Waals surface area contributed by atoms with Crippen LogP contribution in [0.5, 0.6) is 0 Å². The van der Waals surface area contributed by atoms with Gasteiger partial charge >= 0.3 is 6.18 Å². The number of amides is 1. The molecule has 0 spiro atoms. The molecule has 0 unspecified atom stereocenters. The van der Waals surface area contributed by atoms with Crippen LogP contribution in [0.1, 0.15) is 29.1 Å². The van der Waals surface area contributed by atoms with E-state index in [0.717, 1.165) is 28.3 Å². The van der Waals surface area contributed by atoms with Gasteiger partial charge in [-0.25, -0.2) is 9.50 Å². The molecule has 2 aromatic rings. The lowest BCUT2D eigenvalue weighted by molar-refractivity contribution is -0.138. The fraction of sp³-hybridized carbons (Fsp3) is 0.500. The number of hydrogen-bond acceptors (Lipinski definition) is 3. The molecule has 0 aliphatic carbocycles. The summed E-state index contributed by atoms with van der Waals surface area (Å²) in [5.74, 6) is -0.632. The number of halogens is 3. The number of carbonyl (C=O) groups is 1. The third-order valence-corrected chi connectivity index (χ3v) is 3.37. The standard InChI is InChI=1S/C14H17F3N4O/c1-8-6-12-19-9(2)11(10(3)21(12)20-8)4-5-13(22)18-7-14(15,16)17/h6H,4-5,7H2,1-3H3,(H,18,22). The molecule has 0 aromatic carbocycles. The zero-order chi connectivity index (χ0) is 16.5. The largest absolute Gasteiger partial charge is 0.405 e. The van der Waals surface area contributed by atoms with Gasteiger partial charge in [-0.3, -0.25) is 4.79 Å². The molecule has 0 fully saturated rings. The number of hydrogen-bond donors (Lipinski definition) is 1. The van der Waals surface area contributed by atoms with Crippen molar-refractivity contribution in [3.8, 4) is 0 Å². The summed E-state index contributed by atoms with van der Waals surface area (Å²) < 4.78 is 37.8. The maximum absolute atomic E-state index is 12.0. The maximum atomic E-state index is 12.0. The molecule has 2 heterocycles. The van der Waals surface area contributed by atoms with Crippen molar-refractivity contribution in [2.75, 3.05) is 6.54 Å². The van der Waals surface area contributed by atoms with Gasteiger partial charge in [-0.1, -0.05) is 0 Å². The van der Waals surface area contributed by atoms with Crippen LogP contribution < -0.4 is 5.32 Å². The van der Waals surface area contributed by atoms with E-state index in [1.165, 1.54) is 0 Å². The lowest BCUT2D eigenvalue weighted by Crippen LogP contribution is -2.33. The molecule has 0 saturated carbocycles. The Morgan fingerprint density at radius 1 is 1.32 bits per heavy atom. The molecule has 120 valence electrons. The van der Waals surface area contributed by atoms with Gasteiger partial charge in [0.25, 0.3) is 0 Å². The summed E-state index contributed by atoms with van der Waals surface area (Å²) in [6.07, 6.45) is -4.09. The summed E-state index contributed by atoms with van der Waals surface area (Å²) >= 11 is 0. The Morgan fingerprint density at radius 2 is 2.00 bits per heavy atom. The molecular weight excluding hydrogens is 297 g/mol. The Hall–Kier alpha value is -2.12. The predicted octanol–water partition coefficient (Wildman–Crippen LogP) is 2.27. The molecule has 0 saturated heterocycles. The molecule has 1 amide bonds. The third-order valence-electron chi connectivity index (χ3n) is 3.37. The van der Waals surface area contributed by atoms with E-state index in [9.17, 15) is 18.0 Å². The first-order valence-electron chi connectivity index (χ1n) is 6.83. The number of nitrogens with zero attached hydrogens (tertiary/aromatic N) is 3. The topological polar surface area (TPSA) is 59.3 Å². The van der Waals surface area contributed by atoms with Crippen LogP contribution in [0, 0.1) is 20.8 Å². The van der Waals surface area contributed by atoms with Crippen LogP contribution >= 0.6 is 0 Å². The van der Waals surface area contributed by atoms with Crippen LogP contribution in [-0.4, -0.2) is 33.2 Å². The van der Waals surface area contributed by atoms with E-state index >= 15 is 0 Å². The average molecular weight is 314 g/mol. The molecule has 0 aliphatic heterocycles. The van der Waals surface area contributed by atoms with Gasteiger partial charge in [0.2, 0.25) is 5.91 Å². The first-order chi connectivity index (χ1) is 10.2. The summed E-state index contributed by atoms with van der Waals surface area (Å²) in [6.45, 7) is 4.22. The highest BCUT2D eigenvalue weighted by molar-refractivity contribution is 5.76. The van der Waals surface area contributed by atoms with Gasteiger partial charge in [-0.05, 0) is 32.8 Å². The fourth-order valence-corrected chi connectivity index (χ4v) is 2.33. The van der Waals surface area contributed by atoms with E-state index in [-0.39, 0.29) is 6.42 Å². The second-order valence-corrected chi connectivity index (χ2v) is 5.21. The van der Waals surface area contributed by atoms with Crippen molar-refractivity contribution in [2.45, 2.75) is 39.8 Å². The van der Waals surface area contributed by atoms with Crippen LogP contribution in [0.3, 0.4) is 0 Å². The number of nitrogens with one attached hydrogen (secondary N) is 1. The van der Waals surface area contributed by atoms with Gasteiger partial charge < -0.3 is 5.32 Å². The zero-order valence-corrected chi connectivity index (χ0v) is 12.6. The molecule has 0 radical (unpaired) electrons. The van der Waals surface area contributed by atoms with Gasteiger partial charge in [-0.15, -0.1) is 0 Å². The van der Waals surface area contributed by atoms with Gasteiger partial charge in [0.05, 0.1) is 5.69 Å². The number of fused-ring (bicyclic) bond motifs is 1. The molecule has 2 aromatic heterocycles. The monoisotopic (exact) mass is 314 g/mol. The molecule has 5 nitrogen and oxygen atoms in total. The number of aryl methyl sites for hydroxylation is 3. The van der Waals surface area contributed by atoms with E-state index in [2.05, 4.69) is 10.1 Å². The molecule has 1 N–H and O–H groups in total. The fourth-order valence-electron chi connectivity index (χ4n) is 2.33. The summed E-state index contributed by atoms with van der Waals surface area (Å²) in [4.78, 5) is 15.9. The minimum atomic E-state index is -4.39. The van der Waals surface area contributed by atoms with Crippen molar-refractivity contribution >= 4 is 11.6 Å². The van der Waals surface area contributed by atoms with Crippen LogP contribution in [0.15, 0.2) is 6.07 Å². The lowest BCUT2D eigenvalue weighted by atomic mass is 10.1. The Kier molecular flexibility index (Phi) is 4.39. The molecular formula is C14H17F3N4O. The molecule has 0 aliphatic rings. The third kappa shape index (κ3) is 3.75. The highest BCUT2D eigenvalue weighted by atomic mass is 19.4. The summed E-state index contributed by atoms with van der Waals surface area (Å²) in [5, 5.41) is 6.18. The smallest absolute Gasteiger partial charge is 0.347 e. The summed E-state index contributed by atoms with van der Waals surface area (Å²) in [6, 6.07) is 1.85. The Labute approximate surface area is 125 Å². The van der Waals surface area contributed by atoms with Crippen molar-refractivity contribution < 1.29 is 18.0 Å². The molecule has 8 heteroatoms. The van der Waals surface area contributed by atoms with E-state index in [0.29, 0.717) is 6.42 Å². The maximum Gasteiger partial charge on any atom is 0.405 e. The summed E-state index contributed by atoms with van der Waals surface area (Å²) in [7, 11) is 0. The van der Waals surface area contributed by atoms with E-state index < -0.39 is 18.6 Å². The Balaban J connectivity index is 2.10. The van der Waals surface area contributed by atoms with Gasteiger partial charge in [0.1, 0.15) is 6.54 Å². The minimum absolute atomic E-state index is 0.0226. The van der Waals surface area contributed by atoms with Crippen molar-refractivity contribution in [2.24, 2.45) is 0 Å². The second-order valence-electron chi connectivity index (χ2n) is 5.21. The molecule has 22 heavy (non-hydrogen) atoms. The van der Waals surface area contributed by atoms with Gasteiger partial charge in [-0.2, -0.15) is 18.3 Å². The first kappa shape index (κ1) is 16.3.